The van der Waals surface area contributed by atoms with E-state index >= 15 is 0 Å². The highest BCUT2D eigenvalue weighted by Gasteiger charge is 2.53. The molecule has 8 heteroatoms. The maximum atomic E-state index is 12.3. The Labute approximate surface area is 120 Å². The van der Waals surface area contributed by atoms with Crippen molar-refractivity contribution in [2.45, 2.75) is 5.54 Å². The molecular formula is C13H16N4O4. The van der Waals surface area contributed by atoms with Crippen molar-refractivity contribution in [3.05, 3.63) is 28.2 Å². The van der Waals surface area contributed by atoms with Crippen molar-refractivity contribution in [3.63, 3.8) is 0 Å². The monoisotopic (exact) mass is 292 g/mol. The third kappa shape index (κ3) is 1.94. The third-order valence-electron chi connectivity index (χ3n) is 4.17. The van der Waals surface area contributed by atoms with Gasteiger partial charge in [-0.3, -0.25) is 9.59 Å². The van der Waals surface area contributed by atoms with Crippen LogP contribution in [0, 0.1) is 0 Å². The highest BCUT2D eigenvalue weighted by molar-refractivity contribution is 5.93. The van der Waals surface area contributed by atoms with Crippen molar-refractivity contribution >= 4 is 11.9 Å². The Morgan fingerprint density at radius 2 is 2.10 bits per heavy atom. The van der Waals surface area contributed by atoms with Crippen LogP contribution in [-0.2, 0) is 0 Å². The average Bonchev–Trinajstić information content (AvgIpc) is 2.73. The summed E-state index contributed by atoms with van der Waals surface area (Å²) in [5, 5.41) is 2.76. The summed E-state index contributed by atoms with van der Waals surface area (Å²) in [7, 11) is 3.12. The first-order valence-corrected chi connectivity index (χ1v) is 6.54. The number of nitrogens with zero attached hydrogens (tertiary/aromatic N) is 2. The van der Waals surface area contributed by atoms with Crippen LogP contribution in [0.2, 0.25) is 0 Å². The second kappa shape index (κ2) is 4.51. The Morgan fingerprint density at radius 3 is 2.62 bits per heavy atom. The number of rotatable bonds is 2. The Hall–Kier alpha value is -2.51. The first-order valence-electron chi connectivity index (χ1n) is 6.54. The van der Waals surface area contributed by atoms with Gasteiger partial charge in [0, 0.05) is 38.9 Å². The highest BCUT2D eigenvalue weighted by atomic mass is 16.5. The molecule has 3 amide bonds. The maximum Gasteiger partial charge on any atom is 0.317 e. The van der Waals surface area contributed by atoms with E-state index in [2.05, 4.69) is 10.3 Å². The van der Waals surface area contributed by atoms with Crippen LogP contribution < -0.4 is 15.5 Å². The van der Waals surface area contributed by atoms with E-state index in [-0.39, 0.29) is 34.3 Å². The number of likely N-dealkylation sites (N-methyl/N-ethyl adjacent to an activating group) is 1. The second-order valence-electron chi connectivity index (χ2n) is 5.38. The summed E-state index contributed by atoms with van der Waals surface area (Å²) >= 11 is 0. The lowest BCUT2D eigenvalue weighted by atomic mass is 9.89. The number of methoxy groups -OCH3 is 1. The SMILES string of the molecule is COc1c[nH]c(C(=O)N2CC3(CNC(=O)N3C)C2)cc1=O. The highest BCUT2D eigenvalue weighted by Crippen LogP contribution is 2.30. The lowest BCUT2D eigenvalue weighted by Gasteiger charge is -2.50. The fraction of sp³-hybridized carbons (Fsp3) is 0.462. The molecule has 1 spiro atoms. The van der Waals surface area contributed by atoms with E-state index in [1.807, 2.05) is 0 Å². The van der Waals surface area contributed by atoms with E-state index in [0.717, 1.165) is 0 Å². The lowest BCUT2D eigenvalue weighted by molar-refractivity contribution is 0.00733. The van der Waals surface area contributed by atoms with Crippen molar-refractivity contribution in [2.75, 3.05) is 33.8 Å². The standard InChI is InChI=1S/C13H16N4O4/c1-16-12(20)15-5-13(16)6-17(7-13)11(19)8-3-9(18)10(21-2)4-14-8/h3-4H,5-7H2,1-2H3,(H,14,18)(H,15,20). The molecule has 0 radical (unpaired) electrons. The molecule has 0 unspecified atom stereocenters. The lowest BCUT2D eigenvalue weighted by Crippen LogP contribution is -2.70. The number of hydrogen-bond donors (Lipinski definition) is 2. The molecule has 0 bridgehead atoms. The van der Waals surface area contributed by atoms with Gasteiger partial charge >= 0.3 is 6.03 Å². The summed E-state index contributed by atoms with van der Waals surface area (Å²) in [6, 6.07) is 1.11. The van der Waals surface area contributed by atoms with Crippen LogP contribution in [0.3, 0.4) is 0 Å². The van der Waals surface area contributed by atoms with E-state index in [1.165, 1.54) is 19.4 Å². The molecule has 2 saturated heterocycles. The van der Waals surface area contributed by atoms with Crippen LogP contribution >= 0.6 is 0 Å². The zero-order valence-electron chi connectivity index (χ0n) is 11.8. The van der Waals surface area contributed by atoms with Gasteiger partial charge in [-0.25, -0.2) is 4.79 Å². The van der Waals surface area contributed by atoms with Crippen LogP contribution in [0.1, 0.15) is 10.5 Å². The van der Waals surface area contributed by atoms with Crippen LogP contribution in [0.15, 0.2) is 17.1 Å². The van der Waals surface area contributed by atoms with Crippen molar-refractivity contribution < 1.29 is 14.3 Å². The fourth-order valence-electron chi connectivity index (χ4n) is 2.74. The van der Waals surface area contributed by atoms with Crippen molar-refractivity contribution in [2.24, 2.45) is 0 Å². The zero-order valence-corrected chi connectivity index (χ0v) is 11.8. The number of urea groups is 1. The zero-order chi connectivity index (χ0) is 15.2. The van der Waals surface area contributed by atoms with E-state index < -0.39 is 0 Å². The van der Waals surface area contributed by atoms with Gasteiger partial charge in [-0.2, -0.15) is 0 Å². The summed E-state index contributed by atoms with van der Waals surface area (Å²) in [6.07, 6.45) is 1.37. The molecule has 2 aliphatic rings. The molecule has 3 rings (SSSR count). The second-order valence-corrected chi connectivity index (χ2v) is 5.38. The molecule has 3 heterocycles. The predicted octanol–water partition coefficient (Wildman–Crippen LogP) is -0.767. The molecule has 0 aromatic carbocycles. The third-order valence-corrected chi connectivity index (χ3v) is 4.17. The maximum absolute atomic E-state index is 12.3. The largest absolute Gasteiger partial charge is 0.491 e. The molecule has 112 valence electrons. The predicted molar refractivity (Wildman–Crippen MR) is 73.4 cm³/mol. The first-order chi connectivity index (χ1) is 9.97. The van der Waals surface area contributed by atoms with Gasteiger partial charge in [0.1, 0.15) is 5.69 Å². The van der Waals surface area contributed by atoms with Crippen molar-refractivity contribution in [3.8, 4) is 5.75 Å². The smallest absolute Gasteiger partial charge is 0.317 e. The Kier molecular flexibility index (Phi) is 2.89. The number of pyridine rings is 1. The van der Waals surface area contributed by atoms with Gasteiger partial charge in [0.05, 0.1) is 12.6 Å². The molecule has 0 aliphatic carbocycles. The number of nitrogens with one attached hydrogen (secondary N) is 2. The molecule has 8 nitrogen and oxygen atoms in total. The van der Waals surface area contributed by atoms with Gasteiger partial charge in [-0.05, 0) is 0 Å². The molecule has 1 aromatic rings. The Bertz CT molecular complexity index is 662. The number of aromatic nitrogens is 1. The Morgan fingerprint density at radius 1 is 1.38 bits per heavy atom. The molecule has 2 fully saturated rings. The minimum Gasteiger partial charge on any atom is -0.491 e. The van der Waals surface area contributed by atoms with Gasteiger partial charge in [0.25, 0.3) is 5.91 Å². The van der Waals surface area contributed by atoms with E-state index in [0.29, 0.717) is 19.6 Å². The number of aromatic amines is 1. The van der Waals surface area contributed by atoms with Crippen LogP contribution in [0.25, 0.3) is 0 Å². The van der Waals surface area contributed by atoms with Gasteiger partial charge in [0.15, 0.2) is 5.75 Å². The number of hydrogen-bond acceptors (Lipinski definition) is 4. The minimum atomic E-state index is -0.343. The topological polar surface area (TPSA) is 94.7 Å². The minimum absolute atomic E-state index is 0.125. The van der Waals surface area contributed by atoms with Gasteiger partial charge in [-0.1, -0.05) is 0 Å². The van der Waals surface area contributed by atoms with E-state index in [9.17, 15) is 14.4 Å². The molecule has 0 saturated carbocycles. The summed E-state index contributed by atoms with van der Waals surface area (Å²) in [6.45, 7) is 1.44. The summed E-state index contributed by atoms with van der Waals surface area (Å²) in [5.41, 5.74) is -0.445. The van der Waals surface area contributed by atoms with E-state index in [1.54, 1.807) is 16.8 Å². The first kappa shape index (κ1) is 13.5. The van der Waals surface area contributed by atoms with Crippen LogP contribution in [0.4, 0.5) is 4.79 Å². The van der Waals surface area contributed by atoms with Crippen LogP contribution in [-0.4, -0.2) is 66.1 Å². The van der Waals surface area contributed by atoms with Crippen molar-refractivity contribution in [1.29, 1.82) is 0 Å². The molecule has 0 atom stereocenters. The molecular weight excluding hydrogens is 276 g/mol. The normalized spacial score (nSPS) is 19.4. The van der Waals surface area contributed by atoms with Crippen molar-refractivity contribution in [1.82, 2.24) is 20.1 Å². The summed E-state index contributed by atoms with van der Waals surface area (Å²) < 4.78 is 4.86. The quantitative estimate of drug-likeness (QED) is 0.748. The van der Waals surface area contributed by atoms with Gasteiger partial charge in [0.2, 0.25) is 5.43 Å². The molecule has 2 aliphatic heterocycles. The van der Waals surface area contributed by atoms with Gasteiger partial charge in [-0.15, -0.1) is 0 Å². The number of ether oxygens (including phenoxy) is 1. The molecule has 2 N–H and O–H groups in total. The van der Waals surface area contributed by atoms with Crippen LogP contribution in [0.5, 0.6) is 5.75 Å². The Balaban J connectivity index is 1.73. The summed E-state index contributed by atoms with van der Waals surface area (Å²) in [4.78, 5) is 41.5. The number of carbonyl (C=O) groups is 2. The van der Waals surface area contributed by atoms with Gasteiger partial charge < -0.3 is 24.8 Å². The molecule has 1 aromatic heterocycles. The average molecular weight is 292 g/mol. The molecule has 21 heavy (non-hydrogen) atoms. The number of amides is 3. The fourth-order valence-corrected chi connectivity index (χ4v) is 2.74. The number of H-pyrrole nitrogens is 1. The summed E-state index contributed by atoms with van der Waals surface area (Å²) in [5.74, 6) is -0.0925. The van der Waals surface area contributed by atoms with E-state index in [4.69, 9.17) is 4.74 Å². The number of likely N-dealkylation sites (tertiary alicyclic amines) is 1. The number of carbonyl (C=O) groups excluding carboxylic acids is 2.